The van der Waals surface area contributed by atoms with Gasteiger partial charge in [-0.25, -0.2) is 0 Å². The van der Waals surface area contributed by atoms with Gasteiger partial charge >= 0.3 is 7.60 Å². The van der Waals surface area contributed by atoms with Gasteiger partial charge in [-0.05, 0) is 29.3 Å². The van der Waals surface area contributed by atoms with Crippen LogP contribution in [0.15, 0.2) is 47.4 Å². The first-order valence-corrected chi connectivity index (χ1v) is 7.54. The maximum atomic E-state index is 11.8. The maximum absolute atomic E-state index is 11.8. The van der Waals surface area contributed by atoms with Gasteiger partial charge < -0.3 is 14.4 Å². The minimum atomic E-state index is -4.27. The van der Waals surface area contributed by atoms with Crippen LogP contribution in [0.5, 0.6) is 0 Å². The third-order valence-electron chi connectivity index (χ3n) is 2.49. The number of hydrogen-bond donors (Lipinski definition) is 2. The molecule has 2 rings (SSSR count). The molecule has 0 amide bonds. The number of aromatic nitrogens is 1. The lowest BCUT2D eigenvalue weighted by atomic mass is 10.1. The third-order valence-corrected chi connectivity index (χ3v) is 3.40. The van der Waals surface area contributed by atoms with Gasteiger partial charge in [-0.2, -0.15) is 0 Å². The first-order chi connectivity index (χ1) is 8.85. The van der Waals surface area contributed by atoms with Crippen LogP contribution in [0.4, 0.5) is 0 Å². The van der Waals surface area contributed by atoms with Gasteiger partial charge in [0.1, 0.15) is 6.29 Å². The van der Waals surface area contributed by atoms with E-state index >= 15 is 0 Å². The Kier molecular flexibility index (Phi) is 3.92. The fraction of sp³-hybridized carbons (Fsp3) is 0.0833. The van der Waals surface area contributed by atoms with Crippen molar-refractivity contribution in [2.75, 3.05) is 0 Å². The standard InChI is InChI=1S/C12H11ClNO4P/c13-11-3-1-2-9(6-11)10-4-5-14(12(15)7-10)8-19(16,17)18/h1-7H,8H2,(H2,16,17,18). The smallest absolute Gasteiger partial charge is 0.323 e. The molecule has 0 fully saturated rings. The van der Waals surface area contributed by atoms with E-state index in [1.807, 2.05) is 0 Å². The summed E-state index contributed by atoms with van der Waals surface area (Å²) in [6, 6.07) is 9.93. The van der Waals surface area contributed by atoms with Crippen molar-refractivity contribution in [1.82, 2.24) is 4.57 Å². The predicted molar refractivity (Wildman–Crippen MR) is 73.2 cm³/mol. The zero-order valence-corrected chi connectivity index (χ0v) is 11.4. The van der Waals surface area contributed by atoms with E-state index in [9.17, 15) is 9.36 Å². The van der Waals surface area contributed by atoms with Gasteiger partial charge in [0.25, 0.3) is 5.56 Å². The molecule has 0 aliphatic heterocycles. The Morgan fingerprint density at radius 3 is 2.42 bits per heavy atom. The summed E-state index contributed by atoms with van der Waals surface area (Å²) >= 11 is 5.87. The summed E-state index contributed by atoms with van der Waals surface area (Å²) in [5.41, 5.74) is 0.947. The Labute approximate surface area is 114 Å². The minimum absolute atomic E-state index is 0.471. The summed E-state index contributed by atoms with van der Waals surface area (Å²) < 4.78 is 11.9. The molecule has 5 nitrogen and oxygen atoms in total. The second kappa shape index (κ2) is 5.31. The van der Waals surface area contributed by atoms with E-state index in [4.69, 9.17) is 21.4 Å². The van der Waals surface area contributed by atoms with Crippen molar-refractivity contribution in [3.8, 4) is 11.1 Å². The second-order valence-electron chi connectivity index (χ2n) is 4.04. The summed E-state index contributed by atoms with van der Waals surface area (Å²) in [6.45, 7) is 0. The van der Waals surface area contributed by atoms with Crippen LogP contribution < -0.4 is 5.56 Å². The molecule has 1 aromatic carbocycles. The molecule has 0 aliphatic rings. The van der Waals surface area contributed by atoms with Crippen molar-refractivity contribution in [2.24, 2.45) is 0 Å². The predicted octanol–water partition coefficient (Wildman–Crippen LogP) is 2.30. The normalized spacial score (nSPS) is 11.5. The van der Waals surface area contributed by atoms with Gasteiger partial charge in [0.2, 0.25) is 0 Å². The van der Waals surface area contributed by atoms with Crippen LogP contribution >= 0.6 is 19.2 Å². The van der Waals surface area contributed by atoms with Gasteiger partial charge in [-0.1, -0.05) is 23.7 Å². The molecule has 0 aliphatic carbocycles. The molecular weight excluding hydrogens is 289 g/mol. The Morgan fingerprint density at radius 1 is 1.16 bits per heavy atom. The number of benzene rings is 1. The molecule has 19 heavy (non-hydrogen) atoms. The monoisotopic (exact) mass is 299 g/mol. The van der Waals surface area contributed by atoms with Crippen molar-refractivity contribution in [2.45, 2.75) is 6.29 Å². The second-order valence-corrected chi connectivity index (χ2v) is 6.09. The van der Waals surface area contributed by atoms with Crippen molar-refractivity contribution in [3.63, 3.8) is 0 Å². The molecule has 2 aromatic rings. The molecule has 0 saturated carbocycles. The lowest BCUT2D eigenvalue weighted by Crippen LogP contribution is -2.18. The van der Waals surface area contributed by atoms with Gasteiger partial charge in [0.05, 0.1) is 0 Å². The number of hydrogen-bond acceptors (Lipinski definition) is 2. The maximum Gasteiger partial charge on any atom is 0.345 e. The van der Waals surface area contributed by atoms with Crippen LogP contribution in [-0.2, 0) is 10.9 Å². The summed E-state index contributed by atoms with van der Waals surface area (Å²) in [6.07, 6.45) is 0.735. The van der Waals surface area contributed by atoms with Crippen molar-refractivity contribution in [1.29, 1.82) is 0 Å². The fourth-order valence-electron chi connectivity index (χ4n) is 1.67. The molecular formula is C12H11ClNO4P. The van der Waals surface area contributed by atoms with E-state index in [0.717, 1.165) is 10.1 Å². The number of rotatable bonds is 3. The molecule has 0 saturated heterocycles. The van der Waals surface area contributed by atoms with Crippen LogP contribution in [0, 0.1) is 0 Å². The molecule has 1 heterocycles. The zero-order valence-electron chi connectivity index (χ0n) is 9.73. The molecule has 0 radical (unpaired) electrons. The number of halogens is 1. The Balaban J connectivity index is 2.39. The minimum Gasteiger partial charge on any atom is -0.323 e. The van der Waals surface area contributed by atoms with Gasteiger partial charge in [-0.15, -0.1) is 0 Å². The Morgan fingerprint density at radius 2 is 1.84 bits per heavy atom. The van der Waals surface area contributed by atoms with Crippen molar-refractivity contribution >= 4 is 19.2 Å². The van der Waals surface area contributed by atoms with Crippen LogP contribution in [0.1, 0.15) is 0 Å². The van der Waals surface area contributed by atoms with Crippen molar-refractivity contribution < 1.29 is 14.4 Å². The van der Waals surface area contributed by atoms with E-state index in [1.54, 1.807) is 30.3 Å². The van der Waals surface area contributed by atoms with Gasteiger partial charge in [0, 0.05) is 17.3 Å². The van der Waals surface area contributed by atoms with E-state index in [-0.39, 0.29) is 0 Å². The van der Waals surface area contributed by atoms with Crippen molar-refractivity contribution in [3.05, 3.63) is 58.0 Å². The third kappa shape index (κ3) is 3.78. The molecule has 0 atom stereocenters. The zero-order chi connectivity index (χ0) is 14.0. The van der Waals surface area contributed by atoms with Crippen LogP contribution in [0.2, 0.25) is 5.02 Å². The molecule has 0 unspecified atom stereocenters. The Bertz CT molecular complexity index is 707. The van der Waals surface area contributed by atoms with Crippen LogP contribution in [0.3, 0.4) is 0 Å². The highest BCUT2D eigenvalue weighted by Gasteiger charge is 2.14. The highest BCUT2D eigenvalue weighted by atomic mass is 35.5. The van der Waals surface area contributed by atoms with Crippen LogP contribution in [-0.4, -0.2) is 14.4 Å². The molecule has 0 bridgehead atoms. The number of nitrogens with zero attached hydrogens (tertiary/aromatic N) is 1. The van der Waals surface area contributed by atoms with E-state index in [0.29, 0.717) is 10.6 Å². The molecule has 100 valence electrons. The van der Waals surface area contributed by atoms with Crippen LogP contribution in [0.25, 0.3) is 11.1 Å². The largest absolute Gasteiger partial charge is 0.345 e. The van der Waals surface area contributed by atoms with Gasteiger partial charge in [-0.3, -0.25) is 9.36 Å². The highest BCUT2D eigenvalue weighted by molar-refractivity contribution is 7.50. The topological polar surface area (TPSA) is 79.5 Å². The average molecular weight is 300 g/mol. The van der Waals surface area contributed by atoms with Gasteiger partial charge in [0.15, 0.2) is 0 Å². The van der Waals surface area contributed by atoms with E-state index in [1.165, 1.54) is 12.3 Å². The fourth-order valence-corrected chi connectivity index (χ4v) is 2.49. The highest BCUT2D eigenvalue weighted by Crippen LogP contribution is 2.35. The first-order valence-electron chi connectivity index (χ1n) is 5.36. The quantitative estimate of drug-likeness (QED) is 0.852. The molecule has 7 heteroatoms. The number of pyridine rings is 1. The summed E-state index contributed by atoms with van der Waals surface area (Å²) in [4.78, 5) is 29.5. The van der Waals surface area contributed by atoms with E-state index < -0.39 is 19.4 Å². The molecule has 0 spiro atoms. The molecule has 1 aromatic heterocycles. The summed E-state index contributed by atoms with van der Waals surface area (Å²) in [7, 11) is -4.27. The Hall–Kier alpha value is -1.39. The first kappa shape index (κ1) is 14.0. The van der Waals surface area contributed by atoms with E-state index in [2.05, 4.69) is 0 Å². The molecule has 2 N–H and O–H groups in total. The average Bonchev–Trinajstić information content (AvgIpc) is 2.30. The lowest BCUT2D eigenvalue weighted by Gasteiger charge is -2.08. The SMILES string of the molecule is O=c1cc(-c2cccc(Cl)c2)ccn1CP(=O)(O)O. The lowest BCUT2D eigenvalue weighted by molar-refractivity contribution is 0.361. The summed E-state index contributed by atoms with van der Waals surface area (Å²) in [5.74, 6) is 0. The summed E-state index contributed by atoms with van der Waals surface area (Å²) in [5, 5.41) is 0.553.